The van der Waals surface area contributed by atoms with Crippen molar-refractivity contribution in [2.45, 2.75) is 26.3 Å². The van der Waals surface area contributed by atoms with E-state index in [-0.39, 0.29) is 17.9 Å². The van der Waals surface area contributed by atoms with E-state index in [1.54, 1.807) is 0 Å². The molecule has 1 fully saturated rings. The molecule has 136 valence electrons. The van der Waals surface area contributed by atoms with Crippen LogP contribution >= 0.6 is 0 Å². The molecule has 3 rings (SSSR count). The lowest BCUT2D eigenvalue weighted by molar-refractivity contribution is -0.896. The van der Waals surface area contributed by atoms with Gasteiger partial charge in [0, 0.05) is 18.3 Å². The Balaban J connectivity index is 1.45. The highest BCUT2D eigenvalue weighted by Gasteiger charge is 2.28. The van der Waals surface area contributed by atoms with Crippen LogP contribution in [0.25, 0.3) is 0 Å². The van der Waals surface area contributed by atoms with Crippen molar-refractivity contribution >= 4 is 17.5 Å². The van der Waals surface area contributed by atoms with E-state index in [0.717, 1.165) is 39.1 Å². The molecule has 1 saturated heterocycles. The number of anilines is 1. The lowest BCUT2D eigenvalue weighted by Crippen LogP contribution is -3.16. The lowest BCUT2D eigenvalue weighted by atomic mass is 10.2. The van der Waals surface area contributed by atoms with Gasteiger partial charge in [-0.05, 0) is 31.9 Å². The third-order valence-corrected chi connectivity index (χ3v) is 4.99. The predicted octanol–water partition coefficient (Wildman–Crippen LogP) is -0.699. The van der Waals surface area contributed by atoms with Gasteiger partial charge in [-0.25, -0.2) is 0 Å². The van der Waals surface area contributed by atoms with Crippen molar-refractivity contribution < 1.29 is 14.5 Å². The zero-order valence-electron chi connectivity index (χ0n) is 15.3. The average Bonchev–Trinajstić information content (AvgIpc) is 2.98. The number of para-hydroxylation sites is 1. The third-order valence-electron chi connectivity index (χ3n) is 4.99. The normalized spacial score (nSPS) is 17.7. The molecule has 1 aromatic rings. The first-order valence-corrected chi connectivity index (χ1v) is 9.26. The molecule has 0 bridgehead atoms. The van der Waals surface area contributed by atoms with Gasteiger partial charge in [0.25, 0.3) is 5.91 Å². The lowest BCUT2D eigenvalue weighted by Gasteiger charge is -2.33. The summed E-state index contributed by atoms with van der Waals surface area (Å²) in [6.07, 6.45) is 1.02. The van der Waals surface area contributed by atoms with Gasteiger partial charge in [-0.1, -0.05) is 18.2 Å². The minimum Gasteiger partial charge on any atom is -0.362 e. The van der Waals surface area contributed by atoms with Crippen LogP contribution < -0.4 is 15.1 Å². The van der Waals surface area contributed by atoms with Crippen molar-refractivity contribution in [3.05, 3.63) is 29.8 Å². The van der Waals surface area contributed by atoms with E-state index in [1.165, 1.54) is 16.2 Å². The maximum absolute atomic E-state index is 12.6. The molecule has 0 radical (unpaired) electrons. The van der Waals surface area contributed by atoms with Gasteiger partial charge in [-0.15, -0.1) is 0 Å². The Bertz CT molecular complexity index is 624. The number of fused-ring (bicyclic) bond motifs is 1. The van der Waals surface area contributed by atoms with Crippen LogP contribution in [0.5, 0.6) is 0 Å². The predicted molar refractivity (Wildman–Crippen MR) is 97.8 cm³/mol. The molecule has 2 heterocycles. The largest absolute Gasteiger partial charge is 0.362 e. The molecule has 0 unspecified atom stereocenters. The minimum absolute atomic E-state index is 0.0958. The van der Waals surface area contributed by atoms with Crippen molar-refractivity contribution in [1.29, 1.82) is 0 Å². The molecule has 0 aliphatic carbocycles. The molecule has 0 spiro atoms. The highest BCUT2D eigenvalue weighted by atomic mass is 16.2. The summed E-state index contributed by atoms with van der Waals surface area (Å²) in [5.74, 6) is 0.292. The first-order valence-electron chi connectivity index (χ1n) is 9.26. The molecule has 25 heavy (non-hydrogen) atoms. The molecular weight excluding hydrogens is 316 g/mol. The summed E-state index contributed by atoms with van der Waals surface area (Å²) in [4.78, 5) is 29.9. The number of carbonyl (C=O) groups excluding carboxylic acids is 2. The van der Waals surface area contributed by atoms with Gasteiger partial charge >= 0.3 is 0 Å². The van der Waals surface area contributed by atoms with E-state index in [9.17, 15) is 9.59 Å². The monoisotopic (exact) mass is 345 g/mol. The van der Waals surface area contributed by atoms with E-state index in [1.807, 2.05) is 24.8 Å². The highest BCUT2D eigenvalue weighted by molar-refractivity contribution is 5.82. The molecule has 6 heteroatoms. The van der Waals surface area contributed by atoms with Crippen LogP contribution in [0.3, 0.4) is 0 Å². The van der Waals surface area contributed by atoms with Crippen molar-refractivity contribution in [2.24, 2.45) is 0 Å². The van der Waals surface area contributed by atoms with Gasteiger partial charge in [-0.2, -0.15) is 0 Å². The number of hydrogen-bond donors (Lipinski definition) is 2. The molecule has 6 nitrogen and oxygen atoms in total. The van der Waals surface area contributed by atoms with Gasteiger partial charge in [-0.3, -0.25) is 9.59 Å². The number of amides is 2. The molecule has 2 amide bonds. The Morgan fingerprint density at radius 2 is 1.88 bits per heavy atom. The summed E-state index contributed by atoms with van der Waals surface area (Å²) in [6.45, 7) is 8.98. The Morgan fingerprint density at radius 1 is 1.16 bits per heavy atom. The van der Waals surface area contributed by atoms with Crippen molar-refractivity contribution in [1.82, 2.24) is 10.2 Å². The number of nitrogens with one attached hydrogen (secondary N) is 2. The van der Waals surface area contributed by atoms with E-state index in [0.29, 0.717) is 13.1 Å². The van der Waals surface area contributed by atoms with E-state index in [4.69, 9.17) is 0 Å². The molecular formula is C19H29N4O2+. The molecule has 2 aliphatic rings. The number of hydrogen-bond acceptors (Lipinski definition) is 3. The van der Waals surface area contributed by atoms with Crippen LogP contribution in [0.1, 0.15) is 19.4 Å². The fourth-order valence-corrected chi connectivity index (χ4v) is 3.68. The van der Waals surface area contributed by atoms with E-state index < -0.39 is 0 Å². The average molecular weight is 345 g/mol. The number of piperazine rings is 1. The zero-order chi connectivity index (χ0) is 17.8. The Kier molecular flexibility index (Phi) is 5.58. The van der Waals surface area contributed by atoms with Crippen molar-refractivity contribution in [2.75, 3.05) is 50.7 Å². The third kappa shape index (κ3) is 4.51. The fraction of sp³-hybridized carbons (Fsp3) is 0.579. The van der Waals surface area contributed by atoms with Crippen LogP contribution in [-0.4, -0.2) is 68.6 Å². The molecule has 0 aromatic heterocycles. The summed E-state index contributed by atoms with van der Waals surface area (Å²) in [6, 6.07) is 8.51. The number of carbonyl (C=O) groups is 2. The maximum Gasteiger partial charge on any atom is 0.275 e. The SMILES string of the molecule is CC(C)NC(=O)C[NH+]1CCN(C(=O)CN2CCc3ccccc32)CC1. The second-order valence-electron chi connectivity index (χ2n) is 7.33. The van der Waals surface area contributed by atoms with Crippen LogP contribution in [0.15, 0.2) is 24.3 Å². The van der Waals surface area contributed by atoms with Crippen LogP contribution in [0, 0.1) is 0 Å². The second kappa shape index (κ2) is 7.87. The van der Waals surface area contributed by atoms with Gasteiger partial charge < -0.3 is 20.0 Å². The van der Waals surface area contributed by atoms with Crippen LogP contribution in [0.4, 0.5) is 5.69 Å². The molecule has 0 saturated carbocycles. The van der Waals surface area contributed by atoms with Gasteiger partial charge in [0.1, 0.15) is 0 Å². The Labute approximate surface area is 149 Å². The van der Waals surface area contributed by atoms with Gasteiger partial charge in [0.2, 0.25) is 5.91 Å². The van der Waals surface area contributed by atoms with Gasteiger partial charge in [0.15, 0.2) is 6.54 Å². The quantitative estimate of drug-likeness (QED) is 0.742. The Morgan fingerprint density at radius 3 is 2.60 bits per heavy atom. The molecule has 1 aromatic carbocycles. The first kappa shape index (κ1) is 17.7. The number of quaternary nitrogens is 1. The van der Waals surface area contributed by atoms with Crippen LogP contribution in [0.2, 0.25) is 0 Å². The Hall–Kier alpha value is -2.08. The van der Waals surface area contributed by atoms with E-state index in [2.05, 4.69) is 28.4 Å². The second-order valence-corrected chi connectivity index (χ2v) is 7.33. The summed E-state index contributed by atoms with van der Waals surface area (Å²) in [7, 11) is 0. The highest BCUT2D eigenvalue weighted by Crippen LogP contribution is 2.27. The first-order chi connectivity index (χ1) is 12.0. The standard InChI is InChI=1S/C19H28N4O2/c1-15(2)20-18(24)13-21-9-11-22(12-10-21)19(25)14-23-8-7-16-5-3-4-6-17(16)23/h3-6,15H,7-14H2,1-2H3,(H,20,24)/p+1. The summed E-state index contributed by atoms with van der Waals surface area (Å²) < 4.78 is 0. The topological polar surface area (TPSA) is 57.1 Å². The molecule has 0 atom stereocenters. The number of benzene rings is 1. The number of rotatable bonds is 5. The summed E-state index contributed by atoms with van der Waals surface area (Å²) in [5, 5.41) is 2.93. The fourth-order valence-electron chi connectivity index (χ4n) is 3.68. The van der Waals surface area contributed by atoms with Gasteiger partial charge in [0.05, 0.1) is 32.7 Å². The number of nitrogens with zero attached hydrogens (tertiary/aromatic N) is 2. The summed E-state index contributed by atoms with van der Waals surface area (Å²) in [5.41, 5.74) is 2.53. The van der Waals surface area contributed by atoms with Crippen LogP contribution in [-0.2, 0) is 16.0 Å². The maximum atomic E-state index is 12.6. The van der Waals surface area contributed by atoms with Crippen molar-refractivity contribution in [3.63, 3.8) is 0 Å². The van der Waals surface area contributed by atoms with Crippen molar-refractivity contribution in [3.8, 4) is 0 Å². The minimum atomic E-state index is 0.0958. The zero-order valence-corrected chi connectivity index (χ0v) is 15.3. The smallest absolute Gasteiger partial charge is 0.275 e. The summed E-state index contributed by atoms with van der Waals surface area (Å²) >= 11 is 0. The molecule has 2 aliphatic heterocycles. The van der Waals surface area contributed by atoms with E-state index >= 15 is 0 Å². The molecule has 2 N–H and O–H groups in total.